The van der Waals surface area contributed by atoms with Crippen molar-refractivity contribution in [3.8, 4) is 5.75 Å². The SMILES string of the molecule is CC(N)=NC(=O)c1cc(C(F)(F)F)ccc1O. The summed E-state index contributed by atoms with van der Waals surface area (Å²) in [4.78, 5) is 14.6. The molecule has 0 aliphatic rings. The second-order valence-electron chi connectivity index (χ2n) is 3.29. The molecule has 0 spiro atoms. The number of phenols is 1. The van der Waals surface area contributed by atoms with Gasteiger partial charge >= 0.3 is 6.18 Å². The molecule has 0 atom stereocenters. The summed E-state index contributed by atoms with van der Waals surface area (Å²) in [6.07, 6.45) is -4.59. The maximum Gasteiger partial charge on any atom is 0.416 e. The molecule has 0 aromatic heterocycles. The predicted octanol–water partition coefficient (Wildman–Crippen LogP) is 1.93. The number of nitrogens with two attached hydrogens (primary N) is 1. The maximum atomic E-state index is 12.4. The zero-order valence-electron chi connectivity index (χ0n) is 8.75. The summed E-state index contributed by atoms with van der Waals surface area (Å²) >= 11 is 0. The van der Waals surface area contributed by atoms with E-state index in [1.54, 1.807) is 0 Å². The number of phenolic OH excluding ortho intramolecular Hbond substituents is 1. The minimum absolute atomic E-state index is 0.105. The smallest absolute Gasteiger partial charge is 0.416 e. The van der Waals surface area contributed by atoms with Crippen LogP contribution in [-0.2, 0) is 6.18 Å². The van der Waals surface area contributed by atoms with Gasteiger partial charge in [0.15, 0.2) is 0 Å². The van der Waals surface area contributed by atoms with Crippen LogP contribution in [0.25, 0.3) is 0 Å². The van der Waals surface area contributed by atoms with E-state index in [1.165, 1.54) is 6.92 Å². The van der Waals surface area contributed by atoms with Crippen LogP contribution in [0.4, 0.5) is 13.2 Å². The first-order valence-corrected chi connectivity index (χ1v) is 4.47. The lowest BCUT2D eigenvalue weighted by molar-refractivity contribution is -0.137. The van der Waals surface area contributed by atoms with Crippen LogP contribution in [0.3, 0.4) is 0 Å². The van der Waals surface area contributed by atoms with Crippen LogP contribution in [0.5, 0.6) is 5.75 Å². The number of aromatic hydroxyl groups is 1. The molecule has 0 aliphatic heterocycles. The van der Waals surface area contributed by atoms with E-state index in [0.29, 0.717) is 12.1 Å². The molecule has 1 aromatic carbocycles. The Kier molecular flexibility index (Phi) is 3.40. The molecule has 17 heavy (non-hydrogen) atoms. The highest BCUT2D eigenvalue weighted by Crippen LogP contribution is 2.32. The summed E-state index contributed by atoms with van der Waals surface area (Å²) in [6, 6.07) is 1.99. The summed E-state index contributed by atoms with van der Waals surface area (Å²) in [5, 5.41) is 9.29. The van der Waals surface area contributed by atoms with Crippen LogP contribution in [-0.4, -0.2) is 16.8 Å². The molecule has 0 aliphatic carbocycles. The molecule has 3 N–H and O–H groups in total. The van der Waals surface area contributed by atoms with Gasteiger partial charge in [0.05, 0.1) is 11.1 Å². The molecule has 0 heterocycles. The largest absolute Gasteiger partial charge is 0.507 e. The van der Waals surface area contributed by atoms with E-state index < -0.39 is 29.0 Å². The number of hydrogen-bond acceptors (Lipinski definition) is 2. The Morgan fingerprint density at radius 1 is 1.41 bits per heavy atom. The molecule has 92 valence electrons. The number of carbonyl (C=O) groups excluding carboxylic acids is 1. The standard InChI is InChI=1S/C10H9F3N2O2/c1-5(14)15-9(17)7-4-6(10(11,12)13)2-3-8(7)16/h2-4,16H,1H3,(H2,14,15,17). The number of halogens is 3. The zero-order valence-corrected chi connectivity index (χ0v) is 8.75. The van der Waals surface area contributed by atoms with Gasteiger partial charge in [-0.15, -0.1) is 0 Å². The Morgan fingerprint density at radius 2 is 2.00 bits per heavy atom. The fourth-order valence-corrected chi connectivity index (χ4v) is 1.10. The van der Waals surface area contributed by atoms with E-state index >= 15 is 0 Å². The molecule has 0 fully saturated rings. The molecule has 1 amide bonds. The molecule has 0 saturated heterocycles. The van der Waals surface area contributed by atoms with Crippen LogP contribution in [0.2, 0.25) is 0 Å². The Balaban J connectivity index is 3.25. The van der Waals surface area contributed by atoms with Crippen LogP contribution in [0, 0.1) is 0 Å². The number of nitrogens with zero attached hydrogens (tertiary/aromatic N) is 1. The monoisotopic (exact) mass is 246 g/mol. The summed E-state index contributed by atoms with van der Waals surface area (Å²) in [6.45, 7) is 1.31. The quantitative estimate of drug-likeness (QED) is 0.587. The second kappa shape index (κ2) is 4.44. The van der Waals surface area contributed by atoms with Crippen molar-refractivity contribution in [2.45, 2.75) is 13.1 Å². The predicted molar refractivity (Wildman–Crippen MR) is 54.7 cm³/mol. The summed E-state index contributed by atoms with van der Waals surface area (Å²) < 4.78 is 37.1. The van der Waals surface area contributed by atoms with Gasteiger partial charge in [0.2, 0.25) is 0 Å². The fourth-order valence-electron chi connectivity index (χ4n) is 1.10. The van der Waals surface area contributed by atoms with E-state index in [1.807, 2.05) is 0 Å². The van der Waals surface area contributed by atoms with Crippen LogP contribution in [0.1, 0.15) is 22.8 Å². The molecule has 1 aromatic rings. The molecular weight excluding hydrogens is 237 g/mol. The van der Waals surface area contributed by atoms with Crippen LogP contribution >= 0.6 is 0 Å². The number of hydrogen-bond donors (Lipinski definition) is 2. The Labute approximate surface area is 94.6 Å². The van der Waals surface area contributed by atoms with Crippen molar-refractivity contribution in [2.75, 3.05) is 0 Å². The van der Waals surface area contributed by atoms with Gasteiger partial charge < -0.3 is 10.8 Å². The van der Waals surface area contributed by atoms with Crippen LogP contribution in [0.15, 0.2) is 23.2 Å². The number of amides is 1. The maximum absolute atomic E-state index is 12.4. The third-order valence-corrected chi connectivity index (χ3v) is 1.83. The first-order valence-electron chi connectivity index (χ1n) is 4.47. The van der Waals surface area contributed by atoms with E-state index in [4.69, 9.17) is 5.73 Å². The normalized spacial score (nSPS) is 12.6. The van der Waals surface area contributed by atoms with Crippen molar-refractivity contribution < 1.29 is 23.1 Å². The van der Waals surface area contributed by atoms with Crippen molar-refractivity contribution in [3.05, 3.63) is 29.3 Å². The van der Waals surface area contributed by atoms with Crippen molar-refractivity contribution in [1.82, 2.24) is 0 Å². The average molecular weight is 246 g/mol. The van der Waals surface area contributed by atoms with E-state index in [0.717, 1.165) is 6.07 Å². The first-order chi connectivity index (χ1) is 7.71. The van der Waals surface area contributed by atoms with Gasteiger partial charge in [0.1, 0.15) is 11.6 Å². The van der Waals surface area contributed by atoms with Crippen LogP contribution < -0.4 is 5.73 Å². The number of alkyl halides is 3. The van der Waals surface area contributed by atoms with Gasteiger partial charge in [-0.3, -0.25) is 4.79 Å². The second-order valence-corrected chi connectivity index (χ2v) is 3.29. The molecule has 4 nitrogen and oxygen atoms in total. The summed E-state index contributed by atoms with van der Waals surface area (Å²) in [5.41, 5.74) is 3.55. The van der Waals surface area contributed by atoms with Gasteiger partial charge in [-0.05, 0) is 25.1 Å². The summed E-state index contributed by atoms with van der Waals surface area (Å²) in [7, 11) is 0. The highest BCUT2D eigenvalue weighted by Gasteiger charge is 2.31. The van der Waals surface area contributed by atoms with E-state index in [9.17, 15) is 23.1 Å². The number of carbonyl (C=O) groups is 1. The average Bonchev–Trinajstić information content (AvgIpc) is 2.15. The van der Waals surface area contributed by atoms with Crippen molar-refractivity contribution in [2.24, 2.45) is 10.7 Å². The molecule has 1 rings (SSSR count). The van der Waals surface area contributed by atoms with Gasteiger partial charge in [0, 0.05) is 0 Å². The van der Waals surface area contributed by atoms with Crippen molar-refractivity contribution >= 4 is 11.7 Å². The molecule has 0 saturated carbocycles. The van der Waals surface area contributed by atoms with Gasteiger partial charge in [-0.25, -0.2) is 0 Å². The highest BCUT2D eigenvalue weighted by atomic mass is 19.4. The Hall–Kier alpha value is -2.05. The number of rotatable bonds is 1. The summed E-state index contributed by atoms with van der Waals surface area (Å²) in [5.74, 6) is -1.70. The third kappa shape index (κ3) is 3.20. The minimum atomic E-state index is -4.59. The molecular formula is C10H9F3N2O2. The van der Waals surface area contributed by atoms with Crippen molar-refractivity contribution in [3.63, 3.8) is 0 Å². The van der Waals surface area contributed by atoms with Gasteiger partial charge in [0.25, 0.3) is 5.91 Å². The number of aliphatic imine (C=N–C) groups is 1. The van der Waals surface area contributed by atoms with E-state index in [-0.39, 0.29) is 5.84 Å². The first kappa shape index (κ1) is 13.0. The lowest BCUT2D eigenvalue weighted by Gasteiger charge is -2.08. The molecule has 0 bridgehead atoms. The Bertz CT molecular complexity index is 477. The van der Waals surface area contributed by atoms with Gasteiger partial charge in [-0.2, -0.15) is 18.2 Å². The molecule has 0 unspecified atom stereocenters. The number of benzene rings is 1. The fraction of sp³-hybridized carbons (Fsp3) is 0.200. The van der Waals surface area contributed by atoms with Crippen molar-refractivity contribution in [1.29, 1.82) is 0 Å². The highest BCUT2D eigenvalue weighted by molar-refractivity contribution is 6.04. The van der Waals surface area contributed by atoms with E-state index in [2.05, 4.69) is 4.99 Å². The zero-order chi connectivity index (χ0) is 13.2. The molecule has 7 heteroatoms. The lowest BCUT2D eigenvalue weighted by atomic mass is 10.1. The van der Waals surface area contributed by atoms with Gasteiger partial charge in [-0.1, -0.05) is 0 Å². The lowest BCUT2D eigenvalue weighted by Crippen LogP contribution is -2.11. The number of amidine groups is 1. The topological polar surface area (TPSA) is 75.7 Å². The Morgan fingerprint density at radius 3 is 2.47 bits per heavy atom. The minimum Gasteiger partial charge on any atom is -0.507 e. The third-order valence-electron chi connectivity index (χ3n) is 1.83. The molecule has 0 radical (unpaired) electrons.